The van der Waals surface area contributed by atoms with E-state index in [4.69, 9.17) is 14.7 Å². The van der Waals surface area contributed by atoms with Crippen molar-refractivity contribution in [2.24, 2.45) is 0 Å². The number of hydrogen-bond donors (Lipinski definition) is 0. The van der Waals surface area contributed by atoms with Crippen LogP contribution in [-0.4, -0.2) is 43.7 Å². The van der Waals surface area contributed by atoms with Crippen LogP contribution in [-0.2, 0) is 4.74 Å². The third-order valence-corrected chi connectivity index (χ3v) is 3.59. The molecule has 1 unspecified atom stereocenters. The fourth-order valence-electron chi connectivity index (χ4n) is 1.88. The van der Waals surface area contributed by atoms with E-state index in [1.807, 2.05) is 6.07 Å². The second-order valence-corrected chi connectivity index (χ2v) is 4.94. The number of carbonyl (C=O) groups excluding carboxylic acids is 1. The summed E-state index contributed by atoms with van der Waals surface area (Å²) in [6.45, 7) is 1.16. The zero-order valence-electron chi connectivity index (χ0n) is 10.4. The highest BCUT2D eigenvalue weighted by Crippen LogP contribution is 2.24. The maximum Gasteiger partial charge on any atom is 0.255 e. The van der Waals surface area contributed by atoms with E-state index in [2.05, 4.69) is 15.9 Å². The topological polar surface area (TPSA) is 62.6 Å². The molecule has 5 nitrogen and oxygen atoms in total. The Kier molecular flexibility index (Phi) is 4.40. The summed E-state index contributed by atoms with van der Waals surface area (Å²) in [5.41, 5.74) is 0.526. The van der Waals surface area contributed by atoms with Crippen molar-refractivity contribution >= 4 is 21.8 Å². The van der Waals surface area contributed by atoms with Gasteiger partial charge in [0, 0.05) is 11.0 Å². The van der Waals surface area contributed by atoms with Crippen molar-refractivity contribution in [3.05, 3.63) is 28.2 Å². The molecule has 0 bridgehead atoms. The van der Waals surface area contributed by atoms with Gasteiger partial charge in [-0.15, -0.1) is 0 Å². The van der Waals surface area contributed by atoms with Crippen LogP contribution in [0, 0.1) is 11.3 Å². The number of halogens is 1. The summed E-state index contributed by atoms with van der Waals surface area (Å²) < 4.78 is 11.1. The van der Waals surface area contributed by atoms with Gasteiger partial charge in [0.25, 0.3) is 5.91 Å². The van der Waals surface area contributed by atoms with Crippen LogP contribution in [0.25, 0.3) is 0 Å². The van der Waals surface area contributed by atoms with E-state index in [1.165, 1.54) is 0 Å². The van der Waals surface area contributed by atoms with Crippen molar-refractivity contribution in [1.82, 2.24) is 4.90 Å². The van der Waals surface area contributed by atoms with Gasteiger partial charge in [-0.25, -0.2) is 0 Å². The predicted octanol–water partition coefficient (Wildman–Crippen LogP) is 1.82. The molecule has 0 saturated carbocycles. The lowest BCUT2D eigenvalue weighted by molar-refractivity contribution is 0.00341. The first-order valence-electron chi connectivity index (χ1n) is 5.79. The van der Waals surface area contributed by atoms with E-state index in [0.717, 1.165) is 0 Å². The normalized spacial score (nSPS) is 18.8. The van der Waals surface area contributed by atoms with Crippen molar-refractivity contribution in [3.63, 3.8) is 0 Å². The van der Waals surface area contributed by atoms with Gasteiger partial charge >= 0.3 is 0 Å². The highest BCUT2D eigenvalue weighted by Gasteiger charge is 2.26. The van der Waals surface area contributed by atoms with E-state index >= 15 is 0 Å². The maximum atomic E-state index is 12.4. The number of nitriles is 1. The van der Waals surface area contributed by atoms with Crippen LogP contribution in [0.5, 0.6) is 5.75 Å². The summed E-state index contributed by atoms with van der Waals surface area (Å²) in [5.74, 6) is 0.492. The summed E-state index contributed by atoms with van der Waals surface area (Å²) in [5, 5.41) is 8.86. The van der Waals surface area contributed by atoms with E-state index in [1.54, 1.807) is 30.2 Å². The van der Waals surface area contributed by atoms with E-state index in [9.17, 15) is 4.79 Å². The number of ether oxygens (including phenoxy) is 2. The van der Waals surface area contributed by atoms with Gasteiger partial charge in [0.05, 0.1) is 31.9 Å². The smallest absolute Gasteiger partial charge is 0.255 e. The van der Waals surface area contributed by atoms with Gasteiger partial charge in [0.2, 0.25) is 0 Å². The Hall–Kier alpha value is -1.58. The van der Waals surface area contributed by atoms with E-state index < -0.39 is 6.10 Å². The molecular formula is C13H13BrN2O3. The average Bonchev–Trinajstić information content (AvgIpc) is 2.47. The minimum Gasteiger partial charge on any atom is -0.497 e. The van der Waals surface area contributed by atoms with Gasteiger partial charge < -0.3 is 14.4 Å². The lowest BCUT2D eigenvalue weighted by atomic mass is 10.1. The predicted molar refractivity (Wildman–Crippen MR) is 72.0 cm³/mol. The largest absolute Gasteiger partial charge is 0.497 e. The van der Waals surface area contributed by atoms with Crippen molar-refractivity contribution in [3.8, 4) is 11.8 Å². The van der Waals surface area contributed by atoms with Crippen LogP contribution in [0.4, 0.5) is 0 Å². The molecule has 1 aliphatic rings. The Morgan fingerprint density at radius 3 is 3.11 bits per heavy atom. The van der Waals surface area contributed by atoms with Crippen LogP contribution in [0.2, 0.25) is 0 Å². The monoisotopic (exact) mass is 324 g/mol. The zero-order chi connectivity index (χ0) is 13.8. The zero-order valence-corrected chi connectivity index (χ0v) is 12.0. The molecule has 100 valence electrons. The maximum absolute atomic E-state index is 12.4. The summed E-state index contributed by atoms with van der Waals surface area (Å²) in [4.78, 5) is 14.0. The molecule has 1 amide bonds. The first-order chi connectivity index (χ1) is 9.15. The molecule has 1 aromatic carbocycles. The van der Waals surface area contributed by atoms with Gasteiger partial charge in [-0.1, -0.05) is 0 Å². The van der Waals surface area contributed by atoms with E-state index in [-0.39, 0.29) is 5.91 Å². The number of methoxy groups -OCH3 is 1. The highest BCUT2D eigenvalue weighted by molar-refractivity contribution is 9.10. The summed E-state index contributed by atoms with van der Waals surface area (Å²) in [7, 11) is 1.55. The van der Waals surface area contributed by atoms with Gasteiger partial charge in [0.15, 0.2) is 6.10 Å². The van der Waals surface area contributed by atoms with Gasteiger partial charge in [-0.3, -0.25) is 4.79 Å². The van der Waals surface area contributed by atoms with Crippen molar-refractivity contribution in [1.29, 1.82) is 5.26 Å². The number of morpholine rings is 1. The molecule has 0 aromatic heterocycles. The molecule has 1 fully saturated rings. The Morgan fingerprint density at radius 2 is 2.42 bits per heavy atom. The molecule has 19 heavy (non-hydrogen) atoms. The molecule has 2 rings (SSSR count). The molecule has 1 aromatic rings. The molecule has 0 radical (unpaired) electrons. The van der Waals surface area contributed by atoms with Crippen molar-refractivity contribution in [2.45, 2.75) is 6.10 Å². The van der Waals surface area contributed by atoms with Gasteiger partial charge in [0.1, 0.15) is 5.75 Å². The summed E-state index contributed by atoms with van der Waals surface area (Å²) >= 11 is 3.36. The van der Waals surface area contributed by atoms with Crippen molar-refractivity contribution < 1.29 is 14.3 Å². The van der Waals surface area contributed by atoms with Crippen LogP contribution >= 0.6 is 15.9 Å². The number of nitrogens with zero attached hydrogens (tertiary/aromatic N) is 2. The van der Waals surface area contributed by atoms with Gasteiger partial charge in [-0.2, -0.15) is 5.26 Å². The highest BCUT2D eigenvalue weighted by atomic mass is 79.9. The Balaban J connectivity index is 2.21. The number of benzene rings is 1. The van der Waals surface area contributed by atoms with Crippen LogP contribution in [0.1, 0.15) is 10.4 Å². The fraction of sp³-hybridized carbons (Fsp3) is 0.385. The van der Waals surface area contributed by atoms with Crippen molar-refractivity contribution in [2.75, 3.05) is 26.8 Å². The third-order valence-electron chi connectivity index (χ3n) is 2.90. The number of carbonyl (C=O) groups is 1. The SMILES string of the molecule is COc1ccc(Br)c(C(=O)N2CCOC(C#N)C2)c1. The second kappa shape index (κ2) is 6.04. The number of hydrogen-bond acceptors (Lipinski definition) is 4. The molecule has 6 heteroatoms. The average molecular weight is 325 g/mol. The number of amides is 1. The minimum absolute atomic E-state index is 0.130. The summed E-state index contributed by atoms with van der Waals surface area (Å²) in [6, 6.07) is 7.26. The Bertz CT molecular complexity index is 527. The second-order valence-electron chi connectivity index (χ2n) is 4.09. The quantitative estimate of drug-likeness (QED) is 0.832. The first kappa shape index (κ1) is 13.8. The molecule has 0 aliphatic carbocycles. The molecule has 0 spiro atoms. The fourth-order valence-corrected chi connectivity index (χ4v) is 2.29. The minimum atomic E-state index is -0.554. The Morgan fingerprint density at radius 1 is 1.63 bits per heavy atom. The molecule has 1 heterocycles. The molecular weight excluding hydrogens is 312 g/mol. The van der Waals surface area contributed by atoms with Gasteiger partial charge in [-0.05, 0) is 34.1 Å². The van der Waals surface area contributed by atoms with Crippen LogP contribution in [0.15, 0.2) is 22.7 Å². The standard InChI is InChI=1S/C13H13BrN2O3/c1-18-9-2-3-12(14)11(6-9)13(17)16-4-5-19-10(7-15)8-16/h2-3,6,10H,4-5,8H2,1H3. The lowest BCUT2D eigenvalue weighted by Crippen LogP contribution is -2.45. The first-order valence-corrected chi connectivity index (χ1v) is 6.59. The third kappa shape index (κ3) is 3.06. The number of rotatable bonds is 2. The van der Waals surface area contributed by atoms with Crippen LogP contribution in [0.3, 0.4) is 0 Å². The molecule has 0 N–H and O–H groups in total. The van der Waals surface area contributed by atoms with E-state index in [0.29, 0.717) is 35.5 Å². The van der Waals surface area contributed by atoms with Crippen LogP contribution < -0.4 is 4.74 Å². The lowest BCUT2D eigenvalue weighted by Gasteiger charge is -2.30. The molecule has 1 saturated heterocycles. The Labute approximate surface area is 119 Å². The molecule has 1 aliphatic heterocycles. The summed E-state index contributed by atoms with van der Waals surface area (Å²) in [6.07, 6.45) is -0.554. The molecule has 1 atom stereocenters.